The lowest BCUT2D eigenvalue weighted by atomic mass is 10.4. The lowest BCUT2D eigenvalue weighted by Crippen LogP contribution is -2.45. The Balaban J connectivity index is 4.13. The first kappa shape index (κ1) is 15.4. The van der Waals surface area contributed by atoms with Crippen LogP contribution in [0.5, 0.6) is 0 Å². The van der Waals surface area contributed by atoms with Gasteiger partial charge in [-0.2, -0.15) is 0 Å². The summed E-state index contributed by atoms with van der Waals surface area (Å²) in [6, 6.07) is -0.432. The predicted octanol–water partition coefficient (Wildman–Crippen LogP) is 0.694. The first-order valence-electron chi connectivity index (χ1n) is 5.48. The maximum absolute atomic E-state index is 11.6. The summed E-state index contributed by atoms with van der Waals surface area (Å²) in [7, 11) is 0. The Bertz CT molecular complexity index is 268. The second kappa shape index (κ2) is 8.58. The number of amides is 2. The minimum absolute atomic E-state index is 0.0978. The molecule has 6 nitrogen and oxygen atoms in total. The van der Waals surface area contributed by atoms with Gasteiger partial charge in [0.05, 0.1) is 6.10 Å². The SMILES string of the molecule is C=CCN(CC(=O)O)C(=O)NCC(C)OCC. The maximum Gasteiger partial charge on any atom is 0.323 e. The Labute approximate surface area is 101 Å². The molecule has 0 aliphatic carbocycles. The fourth-order valence-electron chi connectivity index (χ4n) is 1.22. The van der Waals surface area contributed by atoms with Gasteiger partial charge in [0.15, 0.2) is 0 Å². The van der Waals surface area contributed by atoms with Crippen molar-refractivity contribution in [3.63, 3.8) is 0 Å². The molecule has 0 rings (SSSR count). The van der Waals surface area contributed by atoms with Gasteiger partial charge in [0.2, 0.25) is 0 Å². The lowest BCUT2D eigenvalue weighted by Gasteiger charge is -2.21. The molecule has 0 spiro atoms. The highest BCUT2D eigenvalue weighted by atomic mass is 16.5. The van der Waals surface area contributed by atoms with Crippen molar-refractivity contribution in [1.29, 1.82) is 0 Å². The van der Waals surface area contributed by atoms with Crippen molar-refractivity contribution in [3.05, 3.63) is 12.7 Å². The van der Waals surface area contributed by atoms with Crippen molar-refractivity contribution in [2.45, 2.75) is 20.0 Å². The van der Waals surface area contributed by atoms with E-state index in [1.807, 2.05) is 13.8 Å². The van der Waals surface area contributed by atoms with Crippen molar-refractivity contribution in [3.8, 4) is 0 Å². The van der Waals surface area contributed by atoms with Gasteiger partial charge in [-0.3, -0.25) is 4.79 Å². The van der Waals surface area contributed by atoms with E-state index in [4.69, 9.17) is 9.84 Å². The average Bonchev–Trinajstić information content (AvgIpc) is 2.25. The lowest BCUT2D eigenvalue weighted by molar-refractivity contribution is -0.137. The van der Waals surface area contributed by atoms with Crippen LogP contribution in [-0.2, 0) is 9.53 Å². The van der Waals surface area contributed by atoms with Crippen LogP contribution in [0.15, 0.2) is 12.7 Å². The number of carbonyl (C=O) groups is 2. The molecule has 0 heterocycles. The summed E-state index contributed by atoms with van der Waals surface area (Å²) in [5.74, 6) is -1.06. The molecule has 0 aromatic heterocycles. The Morgan fingerprint density at radius 1 is 1.59 bits per heavy atom. The molecule has 0 bridgehead atoms. The largest absolute Gasteiger partial charge is 0.480 e. The van der Waals surface area contributed by atoms with Gasteiger partial charge in [-0.15, -0.1) is 6.58 Å². The predicted molar refractivity (Wildman–Crippen MR) is 63.9 cm³/mol. The van der Waals surface area contributed by atoms with Gasteiger partial charge in [-0.05, 0) is 13.8 Å². The van der Waals surface area contributed by atoms with Crippen molar-refractivity contribution >= 4 is 12.0 Å². The number of carboxylic acids is 1. The molecule has 0 aromatic carbocycles. The maximum atomic E-state index is 11.6. The van der Waals surface area contributed by atoms with Crippen molar-refractivity contribution in [2.24, 2.45) is 0 Å². The number of carboxylic acid groups (broad SMARTS) is 1. The van der Waals surface area contributed by atoms with Gasteiger partial charge in [0, 0.05) is 19.7 Å². The molecule has 17 heavy (non-hydrogen) atoms. The quantitative estimate of drug-likeness (QED) is 0.616. The molecule has 1 unspecified atom stereocenters. The Morgan fingerprint density at radius 3 is 2.71 bits per heavy atom. The van der Waals surface area contributed by atoms with Crippen LogP contribution in [-0.4, -0.2) is 54.4 Å². The zero-order chi connectivity index (χ0) is 13.3. The van der Waals surface area contributed by atoms with Crippen LogP contribution < -0.4 is 5.32 Å². The molecule has 2 N–H and O–H groups in total. The van der Waals surface area contributed by atoms with E-state index in [2.05, 4.69) is 11.9 Å². The van der Waals surface area contributed by atoms with Gasteiger partial charge in [0.1, 0.15) is 6.54 Å². The fraction of sp³-hybridized carbons (Fsp3) is 0.636. The summed E-state index contributed by atoms with van der Waals surface area (Å²) in [5, 5.41) is 11.2. The highest BCUT2D eigenvalue weighted by Crippen LogP contribution is 1.93. The number of hydrogen-bond donors (Lipinski definition) is 2. The first-order chi connectivity index (χ1) is 8.01. The van der Waals surface area contributed by atoms with Crippen LogP contribution >= 0.6 is 0 Å². The summed E-state index contributed by atoms with van der Waals surface area (Å²) in [6.07, 6.45) is 1.38. The molecule has 0 radical (unpaired) electrons. The van der Waals surface area contributed by atoms with Crippen LogP contribution in [0.25, 0.3) is 0 Å². The molecule has 6 heteroatoms. The number of nitrogens with one attached hydrogen (secondary N) is 1. The molecule has 0 fully saturated rings. The molecular formula is C11H20N2O4. The molecule has 98 valence electrons. The summed E-state index contributed by atoms with van der Waals surface area (Å²) in [5.41, 5.74) is 0. The Kier molecular flexibility index (Phi) is 7.79. The van der Waals surface area contributed by atoms with Gasteiger partial charge in [-0.25, -0.2) is 4.79 Å². The van der Waals surface area contributed by atoms with E-state index >= 15 is 0 Å². The van der Waals surface area contributed by atoms with E-state index < -0.39 is 12.0 Å². The van der Waals surface area contributed by atoms with Crippen LogP contribution in [0.4, 0.5) is 4.79 Å². The average molecular weight is 244 g/mol. The highest BCUT2D eigenvalue weighted by molar-refractivity contribution is 5.80. The summed E-state index contributed by atoms with van der Waals surface area (Å²) in [4.78, 5) is 23.3. The standard InChI is InChI=1S/C11H20N2O4/c1-4-6-13(8-10(14)15)11(16)12-7-9(3)17-5-2/h4,9H,1,5-8H2,2-3H3,(H,12,16)(H,14,15). The normalized spacial score (nSPS) is 11.6. The minimum atomic E-state index is -1.06. The van der Waals surface area contributed by atoms with E-state index in [1.54, 1.807) is 0 Å². The molecule has 0 aromatic rings. The number of aliphatic carboxylic acids is 1. The molecule has 0 saturated heterocycles. The second-order valence-electron chi connectivity index (χ2n) is 3.51. The molecule has 0 aliphatic rings. The van der Waals surface area contributed by atoms with E-state index in [-0.39, 0.29) is 19.2 Å². The molecule has 0 saturated carbocycles. The molecule has 1 atom stereocenters. The topological polar surface area (TPSA) is 78.9 Å². The van der Waals surface area contributed by atoms with E-state index in [9.17, 15) is 9.59 Å². The summed E-state index contributed by atoms with van der Waals surface area (Å²) in [6.45, 7) is 7.94. The smallest absolute Gasteiger partial charge is 0.323 e. The fourth-order valence-corrected chi connectivity index (χ4v) is 1.22. The minimum Gasteiger partial charge on any atom is -0.480 e. The van der Waals surface area contributed by atoms with Crippen molar-refractivity contribution in [2.75, 3.05) is 26.2 Å². The van der Waals surface area contributed by atoms with Gasteiger partial charge >= 0.3 is 12.0 Å². The third-order valence-electron chi connectivity index (χ3n) is 1.95. The third kappa shape index (κ3) is 7.35. The molecular weight excluding hydrogens is 224 g/mol. The monoisotopic (exact) mass is 244 g/mol. The highest BCUT2D eigenvalue weighted by Gasteiger charge is 2.15. The first-order valence-corrected chi connectivity index (χ1v) is 5.48. The van der Waals surface area contributed by atoms with Crippen molar-refractivity contribution in [1.82, 2.24) is 10.2 Å². The van der Waals surface area contributed by atoms with E-state index in [0.29, 0.717) is 13.2 Å². The number of nitrogens with zero attached hydrogens (tertiary/aromatic N) is 1. The molecule has 2 amide bonds. The number of hydrogen-bond acceptors (Lipinski definition) is 3. The second-order valence-corrected chi connectivity index (χ2v) is 3.51. The number of carbonyl (C=O) groups excluding carboxylic acids is 1. The molecule has 0 aliphatic heterocycles. The number of rotatable bonds is 8. The van der Waals surface area contributed by atoms with Gasteiger partial charge in [0.25, 0.3) is 0 Å². The zero-order valence-corrected chi connectivity index (χ0v) is 10.3. The summed E-state index contributed by atoms with van der Waals surface area (Å²) < 4.78 is 5.24. The Morgan fingerprint density at radius 2 is 2.24 bits per heavy atom. The third-order valence-corrected chi connectivity index (χ3v) is 1.95. The summed E-state index contributed by atoms with van der Waals surface area (Å²) >= 11 is 0. The van der Waals surface area contributed by atoms with Crippen molar-refractivity contribution < 1.29 is 19.4 Å². The van der Waals surface area contributed by atoms with E-state index in [0.717, 1.165) is 4.90 Å². The van der Waals surface area contributed by atoms with Crippen LogP contribution in [0.2, 0.25) is 0 Å². The van der Waals surface area contributed by atoms with Gasteiger partial charge < -0.3 is 20.1 Å². The van der Waals surface area contributed by atoms with Crippen LogP contribution in [0, 0.1) is 0 Å². The van der Waals surface area contributed by atoms with Gasteiger partial charge in [-0.1, -0.05) is 6.08 Å². The van der Waals surface area contributed by atoms with Crippen LogP contribution in [0.3, 0.4) is 0 Å². The number of urea groups is 1. The Hall–Kier alpha value is -1.56. The van der Waals surface area contributed by atoms with Crippen LogP contribution in [0.1, 0.15) is 13.8 Å². The number of ether oxygens (including phenoxy) is 1. The van der Waals surface area contributed by atoms with E-state index in [1.165, 1.54) is 6.08 Å². The zero-order valence-electron chi connectivity index (χ0n) is 10.3.